The molecule has 1 aromatic carbocycles. The summed E-state index contributed by atoms with van der Waals surface area (Å²) in [6, 6.07) is 12.0. The van der Waals surface area contributed by atoms with Gasteiger partial charge in [-0.2, -0.15) is 0 Å². The minimum absolute atomic E-state index is 0.0111. The first-order valence-electron chi connectivity index (χ1n) is 8.29. The van der Waals surface area contributed by atoms with Crippen LogP contribution in [0.4, 0.5) is 10.5 Å². The largest absolute Gasteiger partial charge is 0.322 e. The Hall–Kier alpha value is -2.36. The maximum Gasteiger partial charge on any atom is 0.322 e. The molecule has 0 saturated carbocycles. The highest BCUT2D eigenvalue weighted by Gasteiger charge is 2.26. The summed E-state index contributed by atoms with van der Waals surface area (Å²) in [4.78, 5) is 18.9. The summed E-state index contributed by atoms with van der Waals surface area (Å²) in [7, 11) is 0. The molecular formula is C19H23N3O. The fraction of sp³-hybridized carbons (Fsp3) is 0.368. The highest BCUT2D eigenvalue weighted by Crippen LogP contribution is 2.30. The molecule has 2 heterocycles. The molecule has 2 aromatic rings. The average molecular weight is 309 g/mol. The molecule has 0 aliphatic carbocycles. The predicted molar refractivity (Wildman–Crippen MR) is 92.3 cm³/mol. The van der Waals surface area contributed by atoms with Crippen LogP contribution in [0.1, 0.15) is 42.9 Å². The standard InChI is InChI=1S/C19H23N3O/c1-15-7-4-5-8-17(15)21-19(23)22-14-6-2-3-9-18(22)16-10-12-20-13-11-16/h4-5,7-8,10-13,18H,2-3,6,9,14H2,1H3,(H,21,23). The molecule has 1 aliphatic rings. The lowest BCUT2D eigenvalue weighted by Gasteiger charge is -2.30. The number of aromatic nitrogens is 1. The van der Waals surface area contributed by atoms with E-state index < -0.39 is 0 Å². The van der Waals surface area contributed by atoms with Gasteiger partial charge in [-0.25, -0.2) is 4.79 Å². The molecule has 3 rings (SSSR count). The van der Waals surface area contributed by atoms with Crippen LogP contribution < -0.4 is 5.32 Å². The van der Waals surface area contributed by atoms with Gasteiger partial charge in [0.1, 0.15) is 0 Å². The van der Waals surface area contributed by atoms with Crippen molar-refractivity contribution in [1.82, 2.24) is 9.88 Å². The van der Waals surface area contributed by atoms with Crippen molar-refractivity contribution in [2.45, 2.75) is 38.6 Å². The second-order valence-electron chi connectivity index (χ2n) is 6.08. The number of pyridine rings is 1. The van der Waals surface area contributed by atoms with Gasteiger partial charge < -0.3 is 10.2 Å². The fourth-order valence-corrected chi connectivity index (χ4v) is 3.18. The van der Waals surface area contributed by atoms with Gasteiger partial charge in [0, 0.05) is 24.6 Å². The number of para-hydroxylation sites is 1. The zero-order chi connectivity index (χ0) is 16.1. The van der Waals surface area contributed by atoms with Crippen molar-refractivity contribution in [2.24, 2.45) is 0 Å². The van der Waals surface area contributed by atoms with E-state index in [-0.39, 0.29) is 12.1 Å². The monoisotopic (exact) mass is 309 g/mol. The van der Waals surface area contributed by atoms with Gasteiger partial charge in [0.05, 0.1) is 6.04 Å². The molecule has 1 fully saturated rings. The Labute approximate surface area is 137 Å². The van der Waals surface area contributed by atoms with Gasteiger partial charge >= 0.3 is 6.03 Å². The lowest BCUT2D eigenvalue weighted by molar-refractivity contribution is 0.189. The van der Waals surface area contributed by atoms with E-state index in [1.165, 1.54) is 12.0 Å². The highest BCUT2D eigenvalue weighted by atomic mass is 16.2. The number of hydrogen-bond acceptors (Lipinski definition) is 2. The third kappa shape index (κ3) is 3.70. The Kier molecular flexibility index (Phi) is 4.91. The molecule has 1 aliphatic heterocycles. The average Bonchev–Trinajstić information content (AvgIpc) is 2.84. The lowest BCUT2D eigenvalue weighted by atomic mass is 10.0. The smallest absolute Gasteiger partial charge is 0.317 e. The third-order valence-electron chi connectivity index (χ3n) is 4.49. The Bertz CT molecular complexity index is 657. The number of nitrogens with one attached hydrogen (secondary N) is 1. The first-order chi connectivity index (χ1) is 11.3. The SMILES string of the molecule is Cc1ccccc1NC(=O)N1CCCCCC1c1ccncc1. The molecule has 0 spiro atoms. The highest BCUT2D eigenvalue weighted by molar-refractivity contribution is 5.90. The van der Waals surface area contributed by atoms with Gasteiger partial charge in [0.25, 0.3) is 0 Å². The number of hydrogen-bond donors (Lipinski definition) is 1. The number of carbonyl (C=O) groups is 1. The van der Waals surface area contributed by atoms with Crippen LogP contribution in [0.2, 0.25) is 0 Å². The Morgan fingerprint density at radius 3 is 2.70 bits per heavy atom. The van der Waals surface area contributed by atoms with Crippen molar-refractivity contribution < 1.29 is 4.79 Å². The Morgan fingerprint density at radius 2 is 1.91 bits per heavy atom. The van der Waals surface area contributed by atoms with Gasteiger partial charge in [0.15, 0.2) is 0 Å². The van der Waals surface area contributed by atoms with Crippen LogP contribution in [0.5, 0.6) is 0 Å². The molecule has 23 heavy (non-hydrogen) atoms. The number of carbonyl (C=O) groups excluding carboxylic acids is 1. The lowest BCUT2D eigenvalue weighted by Crippen LogP contribution is -2.38. The predicted octanol–water partition coefficient (Wildman–Crippen LogP) is 4.54. The van der Waals surface area contributed by atoms with Crippen molar-refractivity contribution >= 4 is 11.7 Å². The number of aryl methyl sites for hydroxylation is 1. The minimum Gasteiger partial charge on any atom is -0.317 e. The Balaban J connectivity index is 1.82. The van der Waals surface area contributed by atoms with Crippen LogP contribution in [0.15, 0.2) is 48.8 Å². The zero-order valence-corrected chi connectivity index (χ0v) is 13.5. The van der Waals surface area contributed by atoms with E-state index in [2.05, 4.69) is 10.3 Å². The van der Waals surface area contributed by atoms with Crippen molar-refractivity contribution in [3.8, 4) is 0 Å². The van der Waals surface area contributed by atoms with Gasteiger partial charge in [0.2, 0.25) is 0 Å². The van der Waals surface area contributed by atoms with Crippen molar-refractivity contribution in [1.29, 1.82) is 0 Å². The Morgan fingerprint density at radius 1 is 1.13 bits per heavy atom. The first kappa shape index (κ1) is 15.5. The van der Waals surface area contributed by atoms with Crippen LogP contribution in [-0.2, 0) is 0 Å². The maximum absolute atomic E-state index is 12.9. The van der Waals surface area contributed by atoms with Crippen LogP contribution in [0.25, 0.3) is 0 Å². The van der Waals surface area contributed by atoms with E-state index in [0.717, 1.165) is 37.1 Å². The third-order valence-corrected chi connectivity index (χ3v) is 4.49. The maximum atomic E-state index is 12.9. The van der Waals surface area contributed by atoms with E-state index >= 15 is 0 Å². The second-order valence-corrected chi connectivity index (χ2v) is 6.08. The second kappa shape index (κ2) is 7.27. The van der Waals surface area contributed by atoms with E-state index in [0.29, 0.717) is 0 Å². The molecule has 1 N–H and O–H groups in total. The van der Waals surface area contributed by atoms with Crippen LogP contribution in [-0.4, -0.2) is 22.5 Å². The molecule has 120 valence electrons. The molecule has 1 saturated heterocycles. The van der Waals surface area contributed by atoms with Crippen LogP contribution in [0.3, 0.4) is 0 Å². The normalized spacial score (nSPS) is 18.3. The number of urea groups is 1. The topological polar surface area (TPSA) is 45.2 Å². The summed E-state index contributed by atoms with van der Waals surface area (Å²) < 4.78 is 0. The molecule has 1 atom stereocenters. The molecule has 0 radical (unpaired) electrons. The summed E-state index contributed by atoms with van der Waals surface area (Å²) in [5.74, 6) is 0. The van der Waals surface area contributed by atoms with Gasteiger partial charge in [-0.15, -0.1) is 0 Å². The molecule has 2 amide bonds. The molecule has 1 aromatic heterocycles. The molecular weight excluding hydrogens is 286 g/mol. The van der Waals surface area contributed by atoms with Crippen LogP contribution >= 0.6 is 0 Å². The summed E-state index contributed by atoms with van der Waals surface area (Å²) in [5.41, 5.74) is 3.13. The van der Waals surface area contributed by atoms with Crippen molar-refractivity contribution in [3.05, 3.63) is 59.9 Å². The molecule has 1 unspecified atom stereocenters. The zero-order valence-electron chi connectivity index (χ0n) is 13.5. The number of rotatable bonds is 2. The van der Waals surface area contributed by atoms with Gasteiger partial charge in [-0.3, -0.25) is 4.98 Å². The van der Waals surface area contributed by atoms with E-state index in [9.17, 15) is 4.79 Å². The number of benzene rings is 1. The fourth-order valence-electron chi connectivity index (χ4n) is 3.18. The summed E-state index contributed by atoms with van der Waals surface area (Å²) in [6.45, 7) is 2.81. The quantitative estimate of drug-likeness (QED) is 0.885. The first-order valence-corrected chi connectivity index (χ1v) is 8.29. The van der Waals surface area contributed by atoms with Crippen molar-refractivity contribution in [2.75, 3.05) is 11.9 Å². The number of likely N-dealkylation sites (tertiary alicyclic amines) is 1. The minimum atomic E-state index is -0.0111. The molecule has 0 bridgehead atoms. The van der Waals surface area contributed by atoms with E-state index in [4.69, 9.17) is 0 Å². The summed E-state index contributed by atoms with van der Waals surface area (Å²) in [5, 5.41) is 3.08. The van der Waals surface area contributed by atoms with E-state index in [1.807, 2.05) is 48.2 Å². The summed E-state index contributed by atoms with van der Waals surface area (Å²) in [6.07, 6.45) is 8.00. The molecule has 4 heteroatoms. The van der Waals surface area contributed by atoms with Crippen LogP contribution in [0, 0.1) is 6.92 Å². The number of anilines is 1. The number of amides is 2. The van der Waals surface area contributed by atoms with Crippen molar-refractivity contribution in [3.63, 3.8) is 0 Å². The number of nitrogens with zero attached hydrogens (tertiary/aromatic N) is 2. The van der Waals surface area contributed by atoms with Gasteiger partial charge in [-0.1, -0.05) is 31.0 Å². The summed E-state index contributed by atoms with van der Waals surface area (Å²) >= 11 is 0. The van der Waals surface area contributed by atoms with Gasteiger partial charge in [-0.05, 0) is 49.1 Å². The molecule has 4 nitrogen and oxygen atoms in total. The van der Waals surface area contributed by atoms with E-state index in [1.54, 1.807) is 12.4 Å².